The van der Waals surface area contributed by atoms with Crippen LogP contribution in [0.2, 0.25) is 0 Å². The van der Waals surface area contributed by atoms with Crippen LogP contribution in [0.4, 0.5) is 0 Å². The number of β-amino-alcohol motifs (C(OH)–C–C–N with tert-alkyl or cyclic N) is 1. The van der Waals surface area contributed by atoms with Gasteiger partial charge in [0, 0.05) is 57.6 Å². The van der Waals surface area contributed by atoms with E-state index in [1.54, 1.807) is 12.4 Å². The average molecular weight is 357 g/mol. The van der Waals surface area contributed by atoms with Gasteiger partial charge in [-0.2, -0.15) is 0 Å². The number of likely N-dealkylation sites (tertiary alicyclic amines) is 1. The van der Waals surface area contributed by atoms with Gasteiger partial charge in [-0.15, -0.1) is 0 Å². The molecule has 1 fully saturated rings. The maximum Gasteiger partial charge on any atom is 0.222 e. The number of hydrogen-bond donors (Lipinski definition) is 2. The second-order valence-electron chi connectivity index (χ2n) is 6.73. The number of piperidine rings is 1. The Bertz CT molecular complexity index is 703. The number of aliphatic hydroxyl groups excluding tert-OH is 1. The van der Waals surface area contributed by atoms with Gasteiger partial charge in [-0.1, -0.05) is 13.0 Å². The van der Waals surface area contributed by atoms with Crippen LogP contribution in [-0.4, -0.2) is 55.7 Å². The van der Waals surface area contributed by atoms with E-state index in [0.717, 1.165) is 37.4 Å². The molecule has 2 aromatic rings. The molecule has 7 heteroatoms. The van der Waals surface area contributed by atoms with E-state index in [9.17, 15) is 9.90 Å². The number of aryl methyl sites for hydroxylation is 2. The number of aromatic nitrogens is 3. The highest BCUT2D eigenvalue weighted by molar-refractivity contribution is 5.76. The molecule has 0 unspecified atom stereocenters. The minimum atomic E-state index is -0.559. The van der Waals surface area contributed by atoms with Crippen LogP contribution >= 0.6 is 0 Å². The van der Waals surface area contributed by atoms with E-state index >= 15 is 0 Å². The highest BCUT2D eigenvalue weighted by Crippen LogP contribution is 2.14. The first-order valence-corrected chi connectivity index (χ1v) is 9.25. The molecule has 2 aromatic heterocycles. The lowest BCUT2D eigenvalue weighted by Crippen LogP contribution is -2.53. The van der Waals surface area contributed by atoms with Crippen LogP contribution in [-0.2, 0) is 24.3 Å². The maximum absolute atomic E-state index is 12.2. The van der Waals surface area contributed by atoms with Gasteiger partial charge in [0.15, 0.2) is 0 Å². The third-order valence-electron chi connectivity index (χ3n) is 4.82. The first kappa shape index (κ1) is 18.5. The van der Waals surface area contributed by atoms with Gasteiger partial charge in [-0.05, 0) is 18.6 Å². The first-order chi connectivity index (χ1) is 12.7. The number of carbonyl (C=O) groups is 1. The van der Waals surface area contributed by atoms with E-state index in [0.29, 0.717) is 19.5 Å². The van der Waals surface area contributed by atoms with Crippen molar-refractivity contribution < 1.29 is 9.90 Å². The number of nitrogens with one attached hydrogen (secondary N) is 1. The summed E-state index contributed by atoms with van der Waals surface area (Å²) in [4.78, 5) is 23.0. The van der Waals surface area contributed by atoms with Gasteiger partial charge >= 0.3 is 0 Å². The molecule has 1 aliphatic rings. The molecule has 0 spiro atoms. The normalized spacial score (nSPS) is 20.8. The molecule has 0 saturated carbocycles. The second kappa shape index (κ2) is 8.91. The van der Waals surface area contributed by atoms with Gasteiger partial charge in [0.1, 0.15) is 5.82 Å². The second-order valence-corrected chi connectivity index (χ2v) is 6.73. The molecule has 0 aromatic carbocycles. The predicted octanol–water partition coefficient (Wildman–Crippen LogP) is 0.982. The van der Waals surface area contributed by atoms with Crippen LogP contribution < -0.4 is 5.32 Å². The Hall–Kier alpha value is -2.25. The van der Waals surface area contributed by atoms with Crippen molar-refractivity contribution in [3.8, 4) is 0 Å². The average Bonchev–Trinajstić information content (AvgIpc) is 3.11. The number of pyridine rings is 1. The van der Waals surface area contributed by atoms with E-state index in [-0.39, 0.29) is 11.9 Å². The summed E-state index contributed by atoms with van der Waals surface area (Å²) in [5.41, 5.74) is 0.995. The summed E-state index contributed by atoms with van der Waals surface area (Å²) < 4.78 is 2.01. The Labute approximate surface area is 154 Å². The lowest BCUT2D eigenvalue weighted by molar-refractivity contribution is -0.123. The lowest BCUT2D eigenvalue weighted by atomic mass is 10.0. The molecule has 7 nitrogen and oxygen atoms in total. The van der Waals surface area contributed by atoms with Crippen LogP contribution in [0.3, 0.4) is 0 Å². The zero-order valence-corrected chi connectivity index (χ0v) is 15.2. The number of hydrogen-bond acceptors (Lipinski definition) is 5. The number of imidazole rings is 1. The molecule has 1 aliphatic heterocycles. The molecule has 2 atom stereocenters. The summed E-state index contributed by atoms with van der Waals surface area (Å²) in [5, 5.41) is 13.4. The van der Waals surface area contributed by atoms with Gasteiger partial charge < -0.3 is 15.0 Å². The van der Waals surface area contributed by atoms with Gasteiger partial charge in [-0.3, -0.25) is 14.7 Å². The van der Waals surface area contributed by atoms with E-state index < -0.39 is 6.10 Å². The van der Waals surface area contributed by atoms with Crippen molar-refractivity contribution in [2.75, 3.05) is 13.1 Å². The third-order valence-corrected chi connectivity index (χ3v) is 4.82. The monoisotopic (exact) mass is 357 g/mol. The standard InChI is InChI=1S/C19H27N5O2/c1-2-18-21-9-12-24(18)11-7-19(26)22-16-6-10-23(14-17(16)25)13-15-5-3-4-8-20-15/h3-5,8-9,12,16-17,25H,2,6-7,10-11,13-14H2,1H3,(H,22,26)/t16-,17-/m1/s1. The Morgan fingerprint density at radius 1 is 1.35 bits per heavy atom. The largest absolute Gasteiger partial charge is 0.390 e. The molecule has 2 N–H and O–H groups in total. The molecule has 3 rings (SSSR count). The van der Waals surface area contributed by atoms with E-state index in [4.69, 9.17) is 0 Å². The molecule has 0 radical (unpaired) electrons. The lowest BCUT2D eigenvalue weighted by Gasteiger charge is -2.36. The molecule has 0 bridgehead atoms. The molecule has 1 amide bonds. The maximum atomic E-state index is 12.2. The molecule has 0 aliphatic carbocycles. The number of rotatable bonds is 7. The highest BCUT2D eigenvalue weighted by Gasteiger charge is 2.28. The van der Waals surface area contributed by atoms with Gasteiger partial charge in [-0.25, -0.2) is 4.98 Å². The number of carbonyl (C=O) groups excluding carboxylic acids is 1. The molecular formula is C19H27N5O2. The van der Waals surface area contributed by atoms with Crippen LogP contribution in [0.25, 0.3) is 0 Å². The van der Waals surface area contributed by atoms with Crippen molar-refractivity contribution in [1.82, 2.24) is 24.8 Å². The number of nitrogens with zero attached hydrogens (tertiary/aromatic N) is 4. The third kappa shape index (κ3) is 4.89. The minimum absolute atomic E-state index is 0.0250. The summed E-state index contributed by atoms with van der Waals surface area (Å²) in [6.45, 7) is 4.76. The van der Waals surface area contributed by atoms with Gasteiger partial charge in [0.2, 0.25) is 5.91 Å². The Morgan fingerprint density at radius 2 is 2.23 bits per heavy atom. The molecule has 1 saturated heterocycles. The van der Waals surface area contributed by atoms with Gasteiger partial charge in [0.25, 0.3) is 0 Å². The van der Waals surface area contributed by atoms with E-state index in [1.165, 1.54) is 0 Å². The van der Waals surface area contributed by atoms with Crippen molar-refractivity contribution in [1.29, 1.82) is 0 Å². The van der Waals surface area contributed by atoms with Crippen LogP contribution in [0.15, 0.2) is 36.8 Å². The summed E-state index contributed by atoms with van der Waals surface area (Å²) in [6, 6.07) is 5.67. The minimum Gasteiger partial charge on any atom is -0.390 e. The fraction of sp³-hybridized carbons (Fsp3) is 0.526. The highest BCUT2D eigenvalue weighted by atomic mass is 16.3. The predicted molar refractivity (Wildman–Crippen MR) is 98.3 cm³/mol. The quantitative estimate of drug-likeness (QED) is 0.772. The molecule has 3 heterocycles. The van der Waals surface area contributed by atoms with E-state index in [1.807, 2.05) is 35.9 Å². The Morgan fingerprint density at radius 3 is 2.96 bits per heavy atom. The zero-order chi connectivity index (χ0) is 18.4. The first-order valence-electron chi connectivity index (χ1n) is 9.25. The van der Waals surface area contributed by atoms with Crippen LogP contribution in [0.1, 0.15) is 31.3 Å². The fourth-order valence-electron chi connectivity index (χ4n) is 3.39. The van der Waals surface area contributed by atoms with Crippen LogP contribution in [0, 0.1) is 0 Å². The van der Waals surface area contributed by atoms with Crippen molar-refractivity contribution in [3.05, 3.63) is 48.3 Å². The summed E-state index contributed by atoms with van der Waals surface area (Å²) in [6.07, 6.45) is 6.87. The summed E-state index contributed by atoms with van der Waals surface area (Å²) in [5.74, 6) is 0.962. The van der Waals surface area contributed by atoms with Crippen molar-refractivity contribution in [2.24, 2.45) is 0 Å². The fourth-order valence-corrected chi connectivity index (χ4v) is 3.39. The Balaban J connectivity index is 1.43. The van der Waals surface area contributed by atoms with Crippen molar-refractivity contribution in [2.45, 2.75) is 51.4 Å². The van der Waals surface area contributed by atoms with E-state index in [2.05, 4.69) is 20.2 Å². The number of aliphatic hydroxyl groups is 1. The van der Waals surface area contributed by atoms with Crippen molar-refractivity contribution in [3.63, 3.8) is 0 Å². The smallest absolute Gasteiger partial charge is 0.222 e. The van der Waals surface area contributed by atoms with Crippen LogP contribution in [0.5, 0.6) is 0 Å². The summed E-state index contributed by atoms with van der Waals surface area (Å²) >= 11 is 0. The molecular weight excluding hydrogens is 330 g/mol. The van der Waals surface area contributed by atoms with Crippen molar-refractivity contribution >= 4 is 5.91 Å². The summed E-state index contributed by atoms with van der Waals surface area (Å²) in [7, 11) is 0. The zero-order valence-electron chi connectivity index (χ0n) is 15.2. The number of amides is 1. The topological polar surface area (TPSA) is 83.3 Å². The molecule has 140 valence electrons. The van der Waals surface area contributed by atoms with Gasteiger partial charge in [0.05, 0.1) is 17.8 Å². The SMILES string of the molecule is CCc1nccn1CCC(=O)N[C@@H]1CCN(Cc2ccccn2)C[C@H]1O. The Kier molecular flexibility index (Phi) is 6.35. The molecule has 26 heavy (non-hydrogen) atoms.